The topological polar surface area (TPSA) is 101 Å². The van der Waals surface area contributed by atoms with Crippen molar-refractivity contribution in [1.29, 1.82) is 0 Å². The first-order valence-electron chi connectivity index (χ1n) is 6.57. The van der Waals surface area contributed by atoms with Crippen LogP contribution in [0.5, 0.6) is 0 Å². The van der Waals surface area contributed by atoms with Crippen LogP contribution < -0.4 is 10.6 Å². The van der Waals surface area contributed by atoms with Gasteiger partial charge in [0, 0.05) is 18.7 Å². The predicted molar refractivity (Wildman–Crippen MR) is 77.5 cm³/mol. The number of urea groups is 1. The van der Waals surface area contributed by atoms with Crippen molar-refractivity contribution in [2.75, 3.05) is 28.7 Å². The number of nitrogen functional groups attached to an aromatic ring is 1. The molecule has 2 aliphatic rings. The number of rotatable bonds is 1. The van der Waals surface area contributed by atoms with Gasteiger partial charge in [0.2, 0.25) is 5.91 Å². The summed E-state index contributed by atoms with van der Waals surface area (Å²) in [5, 5.41) is 0. The predicted octanol–water partition coefficient (Wildman–Crippen LogP) is 0.225. The first kappa shape index (κ1) is 13.9. The zero-order chi connectivity index (χ0) is 15.2. The normalized spacial score (nSPS) is 24.9. The summed E-state index contributed by atoms with van der Waals surface area (Å²) in [6.07, 6.45) is 0.0232. The van der Waals surface area contributed by atoms with Gasteiger partial charge in [0.25, 0.3) is 0 Å². The van der Waals surface area contributed by atoms with Crippen molar-refractivity contribution >= 4 is 33.2 Å². The monoisotopic (exact) mass is 309 g/mol. The number of benzene rings is 1. The van der Waals surface area contributed by atoms with Crippen LogP contribution in [0, 0.1) is 0 Å². The highest BCUT2D eigenvalue weighted by atomic mass is 32.2. The van der Waals surface area contributed by atoms with E-state index in [2.05, 4.69) is 0 Å². The van der Waals surface area contributed by atoms with E-state index >= 15 is 0 Å². The van der Waals surface area contributed by atoms with E-state index < -0.39 is 21.9 Å². The Hall–Kier alpha value is -2.09. The number of carbonyl (C=O) groups is 2. The van der Waals surface area contributed by atoms with Gasteiger partial charge >= 0.3 is 6.03 Å². The summed E-state index contributed by atoms with van der Waals surface area (Å²) < 4.78 is 23.3. The molecule has 1 aromatic carbocycles. The Labute approximate surface area is 122 Å². The largest absolute Gasteiger partial charge is 0.399 e. The molecule has 1 unspecified atom stereocenters. The fourth-order valence-corrected chi connectivity index (χ4v) is 4.24. The lowest BCUT2D eigenvalue weighted by atomic mass is 10.1. The van der Waals surface area contributed by atoms with E-state index in [0.717, 1.165) is 4.90 Å². The van der Waals surface area contributed by atoms with Crippen LogP contribution in [0.1, 0.15) is 6.42 Å². The molecule has 21 heavy (non-hydrogen) atoms. The summed E-state index contributed by atoms with van der Waals surface area (Å²) in [5.41, 5.74) is 6.59. The smallest absolute Gasteiger partial charge is 0.331 e. The molecule has 7 nitrogen and oxygen atoms in total. The number of imide groups is 1. The van der Waals surface area contributed by atoms with Gasteiger partial charge in [0.05, 0.1) is 23.2 Å². The molecular formula is C13H15N3O4S. The number of nitrogens with two attached hydrogens (primary N) is 1. The zero-order valence-corrected chi connectivity index (χ0v) is 12.0. The molecule has 2 saturated heterocycles. The summed E-state index contributed by atoms with van der Waals surface area (Å²) >= 11 is 0. The second-order valence-electron chi connectivity index (χ2n) is 5.27. The van der Waals surface area contributed by atoms with E-state index in [-0.39, 0.29) is 30.4 Å². The minimum atomic E-state index is -3.17. The molecule has 2 heterocycles. The molecule has 2 aliphatic heterocycles. The summed E-state index contributed by atoms with van der Waals surface area (Å²) in [6, 6.07) is 5.42. The van der Waals surface area contributed by atoms with Crippen molar-refractivity contribution in [2.24, 2.45) is 0 Å². The molecule has 3 rings (SSSR count). The third-order valence-corrected chi connectivity index (χ3v) is 5.48. The van der Waals surface area contributed by atoms with Gasteiger partial charge in [-0.05, 0) is 24.3 Å². The Bertz CT molecular complexity index is 699. The molecule has 8 heteroatoms. The lowest BCUT2D eigenvalue weighted by molar-refractivity contribution is -0.120. The minimum Gasteiger partial charge on any atom is -0.399 e. The first-order chi connectivity index (χ1) is 9.87. The van der Waals surface area contributed by atoms with Crippen molar-refractivity contribution in [2.45, 2.75) is 12.5 Å². The summed E-state index contributed by atoms with van der Waals surface area (Å²) in [4.78, 5) is 27.2. The van der Waals surface area contributed by atoms with E-state index in [9.17, 15) is 18.0 Å². The molecule has 0 saturated carbocycles. The molecule has 0 aromatic heterocycles. The summed E-state index contributed by atoms with van der Waals surface area (Å²) in [5.74, 6) is -0.581. The molecule has 3 amide bonds. The van der Waals surface area contributed by atoms with Gasteiger partial charge in [0.15, 0.2) is 9.84 Å². The van der Waals surface area contributed by atoms with Crippen LogP contribution in [0.15, 0.2) is 24.3 Å². The number of hydrogen-bond acceptors (Lipinski definition) is 5. The van der Waals surface area contributed by atoms with Crippen LogP contribution in [0.25, 0.3) is 0 Å². The SMILES string of the molecule is Nc1ccc(N2C(=O)CC3CS(=O)(=O)CCN3C2=O)cc1. The molecule has 0 spiro atoms. The zero-order valence-electron chi connectivity index (χ0n) is 11.2. The van der Waals surface area contributed by atoms with Crippen LogP contribution in [-0.4, -0.2) is 49.3 Å². The highest BCUT2D eigenvalue weighted by Gasteiger charge is 2.43. The number of anilines is 2. The lowest BCUT2D eigenvalue weighted by Gasteiger charge is -2.42. The van der Waals surface area contributed by atoms with Crippen molar-refractivity contribution in [3.63, 3.8) is 0 Å². The molecule has 1 atom stereocenters. The van der Waals surface area contributed by atoms with E-state index in [1.807, 2.05) is 0 Å². The van der Waals surface area contributed by atoms with Crippen LogP contribution in [0.2, 0.25) is 0 Å². The average molecular weight is 309 g/mol. The third kappa shape index (κ3) is 2.46. The van der Waals surface area contributed by atoms with E-state index in [1.165, 1.54) is 4.90 Å². The van der Waals surface area contributed by atoms with Gasteiger partial charge in [-0.1, -0.05) is 0 Å². The minimum absolute atomic E-state index is 0.0232. The van der Waals surface area contributed by atoms with Crippen LogP contribution in [0.4, 0.5) is 16.2 Å². The van der Waals surface area contributed by atoms with E-state index in [1.54, 1.807) is 24.3 Å². The van der Waals surface area contributed by atoms with Gasteiger partial charge in [-0.2, -0.15) is 0 Å². The maximum atomic E-state index is 12.5. The van der Waals surface area contributed by atoms with Gasteiger partial charge in [-0.25, -0.2) is 18.1 Å². The first-order valence-corrected chi connectivity index (χ1v) is 8.39. The van der Waals surface area contributed by atoms with Crippen molar-refractivity contribution in [3.05, 3.63) is 24.3 Å². The number of carbonyl (C=O) groups excluding carboxylic acids is 2. The maximum absolute atomic E-state index is 12.5. The van der Waals surface area contributed by atoms with Crippen molar-refractivity contribution in [3.8, 4) is 0 Å². The molecule has 0 bridgehead atoms. The average Bonchev–Trinajstić information content (AvgIpc) is 2.39. The van der Waals surface area contributed by atoms with Gasteiger partial charge in [-0.15, -0.1) is 0 Å². The quantitative estimate of drug-likeness (QED) is 0.748. The van der Waals surface area contributed by atoms with Crippen LogP contribution in [-0.2, 0) is 14.6 Å². The molecule has 2 N–H and O–H groups in total. The van der Waals surface area contributed by atoms with E-state index in [0.29, 0.717) is 11.4 Å². The summed E-state index contributed by atoms with van der Waals surface area (Å²) in [7, 11) is -3.17. The Morgan fingerprint density at radius 1 is 1.14 bits per heavy atom. The number of hydrogen-bond donors (Lipinski definition) is 1. The summed E-state index contributed by atoms with van der Waals surface area (Å²) in [6.45, 7) is 0.130. The Morgan fingerprint density at radius 2 is 1.81 bits per heavy atom. The highest BCUT2D eigenvalue weighted by Crippen LogP contribution is 2.27. The Kier molecular flexibility index (Phi) is 3.12. The fourth-order valence-electron chi connectivity index (χ4n) is 2.71. The van der Waals surface area contributed by atoms with Gasteiger partial charge in [0.1, 0.15) is 0 Å². The number of sulfone groups is 1. The molecule has 0 aliphatic carbocycles. The van der Waals surface area contributed by atoms with Crippen LogP contribution >= 0.6 is 0 Å². The molecular weight excluding hydrogens is 294 g/mol. The molecule has 2 fully saturated rings. The second-order valence-corrected chi connectivity index (χ2v) is 7.50. The molecule has 1 aromatic rings. The standard InChI is InChI=1S/C13H15N3O4S/c14-9-1-3-10(4-2-9)16-12(17)7-11-8-21(19,20)6-5-15(11)13(16)18/h1-4,11H,5-8,14H2. The number of fused-ring (bicyclic) bond motifs is 1. The van der Waals surface area contributed by atoms with Gasteiger partial charge in [-0.3, -0.25) is 4.79 Å². The van der Waals surface area contributed by atoms with E-state index in [4.69, 9.17) is 5.73 Å². The Balaban J connectivity index is 1.90. The second kappa shape index (κ2) is 4.73. The Morgan fingerprint density at radius 3 is 2.48 bits per heavy atom. The fraction of sp³-hybridized carbons (Fsp3) is 0.385. The maximum Gasteiger partial charge on any atom is 0.331 e. The number of amides is 3. The van der Waals surface area contributed by atoms with Crippen LogP contribution in [0.3, 0.4) is 0 Å². The number of nitrogens with zero attached hydrogens (tertiary/aromatic N) is 2. The third-order valence-electron chi connectivity index (χ3n) is 3.78. The molecule has 0 radical (unpaired) electrons. The lowest BCUT2D eigenvalue weighted by Crippen LogP contribution is -2.62. The van der Waals surface area contributed by atoms with Crippen molar-refractivity contribution < 1.29 is 18.0 Å². The highest BCUT2D eigenvalue weighted by molar-refractivity contribution is 7.91. The van der Waals surface area contributed by atoms with Gasteiger partial charge < -0.3 is 10.6 Å². The molecule has 112 valence electrons. The van der Waals surface area contributed by atoms with Crippen molar-refractivity contribution in [1.82, 2.24) is 4.90 Å².